The van der Waals surface area contributed by atoms with Crippen LogP contribution in [0.1, 0.15) is 20.7 Å². The Morgan fingerprint density at radius 1 is 1.00 bits per heavy atom. The third kappa shape index (κ3) is 3.69. The Hall–Kier alpha value is -3.88. The third-order valence-electron chi connectivity index (χ3n) is 4.57. The van der Waals surface area contributed by atoms with Gasteiger partial charge in [0, 0.05) is 30.8 Å². The topological polar surface area (TPSA) is 95.9 Å². The van der Waals surface area contributed by atoms with E-state index in [9.17, 15) is 18.8 Å². The normalized spacial score (nSPS) is 10.6. The van der Waals surface area contributed by atoms with Crippen molar-refractivity contribution in [2.75, 3.05) is 26.6 Å². The Labute approximate surface area is 170 Å². The van der Waals surface area contributed by atoms with Crippen molar-refractivity contribution in [1.82, 2.24) is 4.57 Å². The van der Waals surface area contributed by atoms with Gasteiger partial charge in [0.15, 0.2) is 11.5 Å². The van der Waals surface area contributed by atoms with E-state index in [-0.39, 0.29) is 33.7 Å². The zero-order valence-corrected chi connectivity index (χ0v) is 16.7. The molecule has 0 unspecified atom stereocenters. The highest BCUT2D eigenvalue weighted by Crippen LogP contribution is 2.34. The number of aryl methyl sites for hydroxylation is 1. The average Bonchev–Trinajstić information content (AvgIpc) is 2.75. The fourth-order valence-electron chi connectivity index (χ4n) is 3.08. The fraction of sp³-hybridized carbons (Fsp3) is 0.190. The summed E-state index contributed by atoms with van der Waals surface area (Å²) in [6.07, 6.45) is 1.34. The Morgan fingerprint density at radius 2 is 1.67 bits per heavy atom. The van der Waals surface area contributed by atoms with E-state index in [2.05, 4.69) is 5.32 Å². The number of nitrogens with zero attached hydrogens (tertiary/aromatic N) is 1. The van der Waals surface area contributed by atoms with Crippen molar-refractivity contribution in [3.63, 3.8) is 0 Å². The Bertz CT molecular complexity index is 1220. The first-order valence-electron chi connectivity index (χ1n) is 8.75. The molecule has 0 bridgehead atoms. The fourth-order valence-corrected chi connectivity index (χ4v) is 3.08. The summed E-state index contributed by atoms with van der Waals surface area (Å²) in [5.74, 6) is -1.58. The summed E-state index contributed by atoms with van der Waals surface area (Å²) in [6, 6.07) is 6.50. The van der Waals surface area contributed by atoms with Crippen molar-refractivity contribution in [3.8, 4) is 11.5 Å². The minimum atomic E-state index is -0.779. The molecule has 1 aromatic heterocycles. The molecular weight excluding hydrogens is 395 g/mol. The van der Waals surface area contributed by atoms with Crippen molar-refractivity contribution < 1.29 is 28.2 Å². The molecule has 3 rings (SSSR count). The van der Waals surface area contributed by atoms with Gasteiger partial charge in [0.2, 0.25) is 5.43 Å². The van der Waals surface area contributed by atoms with Crippen LogP contribution in [0.2, 0.25) is 0 Å². The highest BCUT2D eigenvalue weighted by Gasteiger charge is 2.21. The summed E-state index contributed by atoms with van der Waals surface area (Å²) in [5.41, 5.74) is -0.321. The number of halogens is 1. The van der Waals surface area contributed by atoms with Crippen LogP contribution < -0.4 is 20.2 Å². The zero-order valence-electron chi connectivity index (χ0n) is 16.7. The van der Waals surface area contributed by atoms with Gasteiger partial charge in [-0.05, 0) is 18.2 Å². The van der Waals surface area contributed by atoms with Gasteiger partial charge in [0.25, 0.3) is 5.91 Å². The molecule has 30 heavy (non-hydrogen) atoms. The number of nitrogens with one attached hydrogen (secondary N) is 1. The van der Waals surface area contributed by atoms with E-state index in [0.29, 0.717) is 5.52 Å². The smallest absolute Gasteiger partial charge is 0.340 e. The number of aromatic nitrogens is 1. The molecule has 8 nitrogen and oxygen atoms in total. The molecule has 0 aliphatic heterocycles. The molecule has 2 aromatic carbocycles. The number of carbonyl (C=O) groups is 2. The minimum Gasteiger partial charge on any atom is -0.493 e. The zero-order chi connectivity index (χ0) is 22.0. The summed E-state index contributed by atoms with van der Waals surface area (Å²) in [5, 5.41) is 2.59. The quantitative estimate of drug-likeness (QED) is 0.645. The lowest BCUT2D eigenvalue weighted by Crippen LogP contribution is -2.24. The third-order valence-corrected chi connectivity index (χ3v) is 4.57. The van der Waals surface area contributed by atoms with Crippen molar-refractivity contribution >= 4 is 28.5 Å². The molecule has 9 heteroatoms. The second kappa shape index (κ2) is 8.24. The number of rotatable bonds is 5. The Morgan fingerprint density at radius 3 is 2.30 bits per heavy atom. The molecule has 0 radical (unpaired) electrons. The molecule has 0 saturated carbocycles. The molecule has 0 atom stereocenters. The summed E-state index contributed by atoms with van der Waals surface area (Å²) >= 11 is 0. The number of pyridine rings is 1. The van der Waals surface area contributed by atoms with Crippen molar-refractivity contribution in [3.05, 3.63) is 63.7 Å². The van der Waals surface area contributed by atoms with E-state index < -0.39 is 23.1 Å². The Balaban J connectivity index is 2.11. The number of methoxy groups -OCH3 is 3. The van der Waals surface area contributed by atoms with Crippen LogP contribution in [0.25, 0.3) is 10.9 Å². The van der Waals surface area contributed by atoms with Crippen LogP contribution in [0.4, 0.5) is 10.1 Å². The number of fused-ring (bicyclic) bond motifs is 1. The van der Waals surface area contributed by atoms with Gasteiger partial charge in [-0.1, -0.05) is 0 Å². The van der Waals surface area contributed by atoms with Crippen LogP contribution in [-0.4, -0.2) is 37.8 Å². The lowest BCUT2D eigenvalue weighted by atomic mass is 10.1. The van der Waals surface area contributed by atoms with Crippen LogP contribution in [0.5, 0.6) is 11.5 Å². The molecule has 1 N–H and O–H groups in total. The van der Waals surface area contributed by atoms with Crippen LogP contribution in [0.15, 0.2) is 41.3 Å². The van der Waals surface area contributed by atoms with Crippen LogP contribution in [0.3, 0.4) is 0 Å². The van der Waals surface area contributed by atoms with Crippen molar-refractivity contribution in [1.29, 1.82) is 0 Å². The van der Waals surface area contributed by atoms with Gasteiger partial charge in [0.05, 0.1) is 38.1 Å². The van der Waals surface area contributed by atoms with Crippen molar-refractivity contribution in [2.24, 2.45) is 7.05 Å². The van der Waals surface area contributed by atoms with E-state index in [1.165, 1.54) is 51.8 Å². The van der Waals surface area contributed by atoms with Crippen LogP contribution in [-0.2, 0) is 11.8 Å². The molecule has 0 aliphatic rings. The van der Waals surface area contributed by atoms with Gasteiger partial charge in [-0.15, -0.1) is 0 Å². The maximum Gasteiger partial charge on any atom is 0.340 e. The van der Waals surface area contributed by atoms with Crippen molar-refractivity contribution in [2.45, 2.75) is 0 Å². The lowest BCUT2D eigenvalue weighted by molar-refractivity contribution is 0.0601. The van der Waals surface area contributed by atoms with Gasteiger partial charge in [-0.3, -0.25) is 9.59 Å². The van der Waals surface area contributed by atoms with Crippen LogP contribution >= 0.6 is 0 Å². The molecule has 1 amide bonds. The molecule has 156 valence electrons. The van der Waals surface area contributed by atoms with Gasteiger partial charge in [0.1, 0.15) is 11.4 Å². The molecule has 1 heterocycles. The van der Waals surface area contributed by atoms with Gasteiger partial charge >= 0.3 is 5.97 Å². The predicted octanol–water partition coefficient (Wildman–Crippen LogP) is 2.73. The highest BCUT2D eigenvalue weighted by atomic mass is 19.1. The van der Waals surface area contributed by atoms with Gasteiger partial charge in [-0.2, -0.15) is 0 Å². The van der Waals surface area contributed by atoms with E-state index >= 15 is 0 Å². The standard InChI is InChI=1S/C21H19FN2O6/c1-24-10-14(19(25)13-7-11(22)5-6-16(13)24)20(26)23-15-9-18(29-3)17(28-2)8-12(15)21(27)30-4/h5-10H,1-4H3,(H,23,26). The second-order valence-electron chi connectivity index (χ2n) is 6.34. The number of anilines is 1. The lowest BCUT2D eigenvalue weighted by Gasteiger charge is -2.15. The molecular formula is C21H19FN2O6. The van der Waals surface area contributed by atoms with Gasteiger partial charge < -0.3 is 24.1 Å². The number of amides is 1. The highest BCUT2D eigenvalue weighted by molar-refractivity contribution is 6.09. The number of carbonyl (C=O) groups excluding carboxylic acids is 2. The van der Waals surface area contributed by atoms with E-state index in [1.54, 1.807) is 11.6 Å². The summed E-state index contributed by atoms with van der Waals surface area (Å²) in [4.78, 5) is 37.9. The number of hydrogen-bond donors (Lipinski definition) is 1. The molecule has 0 aliphatic carbocycles. The first-order chi connectivity index (χ1) is 14.3. The number of hydrogen-bond acceptors (Lipinski definition) is 6. The predicted molar refractivity (Wildman–Crippen MR) is 108 cm³/mol. The molecule has 0 fully saturated rings. The largest absolute Gasteiger partial charge is 0.493 e. The van der Waals surface area contributed by atoms with E-state index in [4.69, 9.17) is 14.2 Å². The van der Waals surface area contributed by atoms with E-state index in [1.807, 2.05) is 0 Å². The first kappa shape index (κ1) is 20.8. The number of ether oxygens (including phenoxy) is 3. The summed E-state index contributed by atoms with van der Waals surface area (Å²) < 4.78 is 30.3. The maximum absolute atomic E-state index is 13.6. The maximum atomic E-state index is 13.6. The molecule has 3 aromatic rings. The number of benzene rings is 2. The summed E-state index contributed by atoms with van der Waals surface area (Å²) in [7, 11) is 5.62. The van der Waals surface area contributed by atoms with E-state index in [0.717, 1.165) is 6.07 Å². The molecule has 0 saturated heterocycles. The Kier molecular flexibility index (Phi) is 5.72. The SMILES string of the molecule is COC(=O)c1cc(OC)c(OC)cc1NC(=O)c1cn(C)c2ccc(F)cc2c1=O. The molecule has 0 spiro atoms. The van der Waals surface area contributed by atoms with Gasteiger partial charge in [-0.25, -0.2) is 9.18 Å². The average molecular weight is 414 g/mol. The first-order valence-corrected chi connectivity index (χ1v) is 8.75. The minimum absolute atomic E-state index is 0.00663. The monoisotopic (exact) mass is 414 g/mol. The number of esters is 1. The summed E-state index contributed by atoms with van der Waals surface area (Å²) in [6.45, 7) is 0. The van der Waals surface area contributed by atoms with Crippen LogP contribution in [0, 0.1) is 5.82 Å². The second-order valence-corrected chi connectivity index (χ2v) is 6.34.